The van der Waals surface area contributed by atoms with E-state index in [1.54, 1.807) is 13.2 Å². The van der Waals surface area contributed by atoms with Crippen molar-refractivity contribution in [3.8, 4) is 11.3 Å². The molecule has 0 spiro atoms. The second kappa shape index (κ2) is 9.68. The lowest BCUT2D eigenvalue weighted by molar-refractivity contribution is 0.0959. The summed E-state index contributed by atoms with van der Waals surface area (Å²) in [6.45, 7) is 3.83. The first-order valence-corrected chi connectivity index (χ1v) is 10.6. The van der Waals surface area contributed by atoms with Crippen molar-refractivity contribution < 1.29 is 4.79 Å². The highest BCUT2D eigenvalue weighted by Gasteiger charge is 2.22. The Labute approximate surface area is 182 Å². The average Bonchev–Trinajstić information content (AvgIpc) is 3.25. The van der Waals surface area contributed by atoms with Crippen molar-refractivity contribution in [1.29, 1.82) is 0 Å². The fraction of sp³-hybridized carbons (Fsp3) is 0.292. The number of nitrogens with one attached hydrogen (secondary N) is 2. The maximum absolute atomic E-state index is 12.1. The van der Waals surface area contributed by atoms with Gasteiger partial charge in [0.15, 0.2) is 11.5 Å². The number of amides is 1. The highest BCUT2D eigenvalue weighted by Crippen LogP contribution is 2.23. The molecule has 1 aromatic heterocycles. The van der Waals surface area contributed by atoms with Crippen LogP contribution < -0.4 is 16.4 Å². The molecule has 1 fully saturated rings. The first kappa shape index (κ1) is 21.0. The molecule has 4 N–H and O–H groups in total. The minimum Gasteiger partial charge on any atom is -0.382 e. The molecular formula is C24H28N6O. The summed E-state index contributed by atoms with van der Waals surface area (Å²) in [7, 11) is 1.55. The van der Waals surface area contributed by atoms with Crippen LogP contribution in [0, 0.1) is 0 Å². The smallest absolute Gasteiger partial charge is 0.273 e. The second-order valence-electron chi connectivity index (χ2n) is 7.81. The topological polar surface area (TPSA) is 96.2 Å². The third kappa shape index (κ3) is 5.07. The summed E-state index contributed by atoms with van der Waals surface area (Å²) in [5.74, 6) is -0.213. The summed E-state index contributed by atoms with van der Waals surface area (Å²) in [6.07, 6.45) is 2.75. The molecule has 2 heterocycles. The van der Waals surface area contributed by atoms with E-state index in [0.29, 0.717) is 11.7 Å². The number of carbonyl (C=O) groups is 1. The van der Waals surface area contributed by atoms with Gasteiger partial charge in [-0.2, -0.15) is 0 Å². The van der Waals surface area contributed by atoms with Crippen LogP contribution in [0.25, 0.3) is 11.3 Å². The number of nitrogens with zero attached hydrogens (tertiary/aromatic N) is 3. The van der Waals surface area contributed by atoms with Crippen molar-refractivity contribution in [3.05, 3.63) is 77.6 Å². The molecule has 3 aromatic rings. The van der Waals surface area contributed by atoms with Gasteiger partial charge in [0.1, 0.15) is 0 Å². The average molecular weight is 417 g/mol. The van der Waals surface area contributed by atoms with Crippen LogP contribution in [-0.4, -0.2) is 47.0 Å². The monoisotopic (exact) mass is 416 g/mol. The van der Waals surface area contributed by atoms with Crippen molar-refractivity contribution in [2.75, 3.05) is 25.9 Å². The van der Waals surface area contributed by atoms with E-state index in [0.717, 1.165) is 43.7 Å². The van der Waals surface area contributed by atoms with Gasteiger partial charge >= 0.3 is 0 Å². The predicted molar refractivity (Wildman–Crippen MR) is 122 cm³/mol. The van der Waals surface area contributed by atoms with E-state index in [1.807, 2.05) is 18.2 Å². The Morgan fingerprint density at radius 1 is 1.16 bits per heavy atom. The maximum Gasteiger partial charge on any atom is 0.273 e. The van der Waals surface area contributed by atoms with Gasteiger partial charge in [-0.15, -0.1) is 0 Å². The highest BCUT2D eigenvalue weighted by atomic mass is 16.1. The molecule has 1 aliphatic heterocycles. The molecule has 0 radical (unpaired) electrons. The molecule has 1 aliphatic rings. The fourth-order valence-corrected chi connectivity index (χ4v) is 3.98. The Bertz CT molecular complexity index is 1040. The van der Waals surface area contributed by atoms with Crippen LogP contribution in [0.3, 0.4) is 0 Å². The number of benzene rings is 2. The van der Waals surface area contributed by atoms with Crippen molar-refractivity contribution in [3.63, 3.8) is 0 Å². The zero-order chi connectivity index (χ0) is 21.6. The molecule has 4 rings (SSSR count). The Morgan fingerprint density at radius 3 is 2.74 bits per heavy atom. The normalized spacial score (nSPS) is 16.4. The summed E-state index contributed by atoms with van der Waals surface area (Å²) in [5.41, 5.74) is 10.0. The summed E-state index contributed by atoms with van der Waals surface area (Å²) < 4.78 is 0. The van der Waals surface area contributed by atoms with Crippen LogP contribution in [0.5, 0.6) is 0 Å². The largest absolute Gasteiger partial charge is 0.382 e. The number of hydrogen-bond acceptors (Lipinski definition) is 6. The van der Waals surface area contributed by atoms with E-state index in [9.17, 15) is 4.79 Å². The van der Waals surface area contributed by atoms with Crippen molar-refractivity contribution >= 4 is 11.7 Å². The molecule has 0 aliphatic carbocycles. The number of nitrogen functional groups attached to an aromatic ring is 1. The van der Waals surface area contributed by atoms with Crippen LogP contribution in [0.15, 0.2) is 60.8 Å². The Morgan fingerprint density at radius 2 is 1.94 bits per heavy atom. The van der Waals surface area contributed by atoms with Gasteiger partial charge in [-0.3, -0.25) is 9.69 Å². The summed E-state index contributed by atoms with van der Waals surface area (Å²) in [6, 6.07) is 19.1. The lowest BCUT2D eigenvalue weighted by atomic mass is 10.0. The molecule has 0 saturated carbocycles. The Hall–Kier alpha value is -3.29. The van der Waals surface area contributed by atoms with Crippen LogP contribution >= 0.6 is 0 Å². The van der Waals surface area contributed by atoms with Crippen LogP contribution in [0.2, 0.25) is 0 Å². The van der Waals surface area contributed by atoms with Gasteiger partial charge < -0.3 is 16.4 Å². The number of aromatic nitrogens is 2. The molecular weight excluding hydrogens is 388 g/mol. The Balaban J connectivity index is 1.42. The minimum absolute atomic E-state index is 0.128. The number of likely N-dealkylation sites (tertiary alicyclic amines) is 1. The first-order chi connectivity index (χ1) is 15.1. The van der Waals surface area contributed by atoms with Crippen molar-refractivity contribution in [2.24, 2.45) is 0 Å². The molecule has 7 heteroatoms. The van der Waals surface area contributed by atoms with Gasteiger partial charge in [-0.05, 0) is 17.5 Å². The molecule has 31 heavy (non-hydrogen) atoms. The third-order valence-electron chi connectivity index (χ3n) is 5.64. The van der Waals surface area contributed by atoms with E-state index >= 15 is 0 Å². The van der Waals surface area contributed by atoms with Crippen LogP contribution in [-0.2, 0) is 13.1 Å². The molecule has 1 atom stereocenters. The molecule has 1 amide bonds. The van der Waals surface area contributed by atoms with Crippen molar-refractivity contribution in [1.82, 2.24) is 25.5 Å². The summed E-state index contributed by atoms with van der Waals surface area (Å²) in [5, 5.41) is 6.25. The quantitative estimate of drug-likeness (QED) is 0.548. The zero-order valence-corrected chi connectivity index (χ0v) is 17.7. The highest BCUT2D eigenvalue weighted by molar-refractivity contribution is 5.96. The van der Waals surface area contributed by atoms with Gasteiger partial charge in [-0.25, -0.2) is 9.97 Å². The molecule has 0 unspecified atom stereocenters. The lowest BCUT2D eigenvalue weighted by Gasteiger charge is -2.18. The number of rotatable bonds is 7. The third-order valence-corrected chi connectivity index (χ3v) is 5.64. The number of nitrogens with two attached hydrogens (primary N) is 1. The van der Waals surface area contributed by atoms with Crippen LogP contribution in [0.4, 0.5) is 5.82 Å². The lowest BCUT2D eigenvalue weighted by Crippen LogP contribution is -2.32. The zero-order valence-electron chi connectivity index (χ0n) is 17.7. The maximum atomic E-state index is 12.1. The van der Waals surface area contributed by atoms with E-state index in [1.165, 1.54) is 5.56 Å². The first-order valence-electron chi connectivity index (χ1n) is 10.6. The van der Waals surface area contributed by atoms with E-state index in [-0.39, 0.29) is 17.4 Å². The SMILES string of the molecule is CNC(=O)c1nc(-c2ccccc2CN[C@H]2CCN(Cc3ccccc3)C2)cnc1N. The van der Waals surface area contributed by atoms with Gasteiger partial charge in [-0.1, -0.05) is 54.6 Å². The van der Waals surface area contributed by atoms with Gasteiger partial charge in [0.25, 0.3) is 5.91 Å². The molecule has 0 bridgehead atoms. The van der Waals surface area contributed by atoms with E-state index in [2.05, 4.69) is 61.9 Å². The standard InChI is InChI=1S/C24H28N6O/c1-26-24(31)22-23(25)28-14-21(29-22)20-10-6-5-9-18(20)13-27-19-11-12-30(16-19)15-17-7-3-2-4-8-17/h2-10,14,19,27H,11-13,15-16H2,1H3,(H2,25,28)(H,26,31)/t19-/m0/s1. The minimum atomic E-state index is -0.341. The van der Waals surface area contributed by atoms with Crippen molar-refractivity contribution in [2.45, 2.75) is 25.6 Å². The summed E-state index contributed by atoms with van der Waals surface area (Å²) in [4.78, 5) is 23.2. The Kier molecular flexibility index (Phi) is 6.54. The molecule has 1 saturated heterocycles. The van der Waals surface area contributed by atoms with Crippen LogP contribution in [0.1, 0.15) is 28.0 Å². The van der Waals surface area contributed by atoms with E-state index in [4.69, 9.17) is 5.73 Å². The summed E-state index contributed by atoms with van der Waals surface area (Å²) >= 11 is 0. The number of anilines is 1. The second-order valence-corrected chi connectivity index (χ2v) is 7.81. The van der Waals surface area contributed by atoms with E-state index < -0.39 is 0 Å². The number of hydrogen-bond donors (Lipinski definition) is 3. The van der Waals surface area contributed by atoms with Gasteiger partial charge in [0.2, 0.25) is 0 Å². The van der Waals surface area contributed by atoms with Gasteiger partial charge in [0, 0.05) is 44.8 Å². The molecule has 7 nitrogen and oxygen atoms in total. The molecule has 160 valence electrons. The fourth-order valence-electron chi connectivity index (χ4n) is 3.98. The molecule has 2 aromatic carbocycles. The predicted octanol–water partition coefficient (Wildman–Crippen LogP) is 2.45. The number of carbonyl (C=O) groups excluding carboxylic acids is 1. The van der Waals surface area contributed by atoms with Gasteiger partial charge in [0.05, 0.1) is 11.9 Å².